The van der Waals surface area contributed by atoms with E-state index in [1.807, 2.05) is 18.1 Å². The number of rotatable bonds is 4. The van der Waals surface area contributed by atoms with Gasteiger partial charge in [0.15, 0.2) is 0 Å². The van der Waals surface area contributed by atoms with Crippen LogP contribution in [0.3, 0.4) is 0 Å². The number of anilines is 1. The lowest BCUT2D eigenvalue weighted by Gasteiger charge is -2.22. The Morgan fingerprint density at radius 3 is 3.00 bits per heavy atom. The van der Waals surface area contributed by atoms with Crippen LogP contribution in [0.2, 0.25) is 10.0 Å². The molecule has 0 saturated carbocycles. The summed E-state index contributed by atoms with van der Waals surface area (Å²) in [6.07, 6.45) is 1.77. The van der Waals surface area contributed by atoms with Crippen LogP contribution in [0.4, 0.5) is 5.69 Å². The van der Waals surface area contributed by atoms with Crippen molar-refractivity contribution in [3.05, 3.63) is 28.2 Å². The average molecular weight is 370 g/mol. The molecule has 1 saturated heterocycles. The molecule has 1 aromatic carbocycles. The van der Waals surface area contributed by atoms with Gasteiger partial charge in [-0.25, -0.2) is 0 Å². The Morgan fingerprint density at radius 1 is 1.46 bits per heavy atom. The number of benzene rings is 1. The van der Waals surface area contributed by atoms with Crippen LogP contribution in [0.1, 0.15) is 12.8 Å². The smallest absolute Gasteiger partial charge is 0.239 e. The standard InChI is InChI=1S/C16H21Cl2N5O/c1-22(12-4-6-19-9-12)10-16(24)20-15-5-7-23(21-15)11-2-3-13(17)14(18)8-11/h2-3,8,12,19H,4-7,9-10H2,1H3,(H,20,21,24)/t12-/m0/s1. The van der Waals surface area contributed by atoms with Crippen LogP contribution in [0.5, 0.6) is 0 Å². The van der Waals surface area contributed by atoms with Crippen LogP contribution < -0.4 is 15.6 Å². The summed E-state index contributed by atoms with van der Waals surface area (Å²) in [5.41, 5.74) is 0.864. The Kier molecular flexibility index (Phi) is 5.61. The van der Waals surface area contributed by atoms with Crippen molar-refractivity contribution in [1.82, 2.24) is 15.5 Å². The van der Waals surface area contributed by atoms with E-state index in [0.717, 1.165) is 25.2 Å². The first kappa shape index (κ1) is 17.5. The molecule has 1 atom stereocenters. The molecule has 2 aliphatic heterocycles. The van der Waals surface area contributed by atoms with Gasteiger partial charge in [-0.3, -0.25) is 14.7 Å². The highest BCUT2D eigenvalue weighted by Gasteiger charge is 2.23. The van der Waals surface area contributed by atoms with Gasteiger partial charge in [-0.15, -0.1) is 0 Å². The first-order valence-electron chi connectivity index (χ1n) is 8.04. The summed E-state index contributed by atoms with van der Waals surface area (Å²) in [7, 11) is 1.98. The number of hydrogen-bond donors (Lipinski definition) is 2. The van der Waals surface area contributed by atoms with Crippen LogP contribution in [-0.4, -0.2) is 55.9 Å². The number of hydrogen-bond acceptors (Lipinski definition) is 5. The molecule has 8 heteroatoms. The average Bonchev–Trinajstić information content (AvgIpc) is 3.21. The van der Waals surface area contributed by atoms with Crippen molar-refractivity contribution in [3.8, 4) is 0 Å². The molecule has 6 nitrogen and oxygen atoms in total. The molecule has 1 aromatic rings. The molecule has 0 radical (unpaired) electrons. The molecule has 2 heterocycles. The quantitative estimate of drug-likeness (QED) is 0.851. The van der Waals surface area contributed by atoms with Crippen molar-refractivity contribution in [2.75, 3.05) is 38.2 Å². The molecule has 1 fully saturated rings. The number of halogens is 2. The van der Waals surface area contributed by atoms with Crippen molar-refractivity contribution in [2.24, 2.45) is 5.10 Å². The lowest BCUT2D eigenvalue weighted by molar-refractivity contribution is -0.120. The van der Waals surface area contributed by atoms with E-state index in [-0.39, 0.29) is 5.91 Å². The Morgan fingerprint density at radius 2 is 2.29 bits per heavy atom. The minimum atomic E-state index is -0.0286. The molecule has 2 N–H and O–H groups in total. The predicted molar refractivity (Wildman–Crippen MR) is 97.9 cm³/mol. The van der Waals surface area contributed by atoms with Gasteiger partial charge in [0.05, 0.1) is 22.3 Å². The zero-order valence-electron chi connectivity index (χ0n) is 13.6. The molecule has 3 rings (SSSR count). The van der Waals surface area contributed by atoms with Crippen LogP contribution >= 0.6 is 23.2 Å². The topological polar surface area (TPSA) is 60.0 Å². The van der Waals surface area contributed by atoms with Crippen LogP contribution in [0, 0.1) is 0 Å². The summed E-state index contributed by atoms with van der Waals surface area (Å²) in [4.78, 5) is 14.3. The first-order chi connectivity index (χ1) is 11.5. The van der Waals surface area contributed by atoms with E-state index < -0.39 is 0 Å². The SMILES string of the molecule is CN(CC(=O)NC1=NN(c2ccc(Cl)c(Cl)c2)CC1)[C@H]1CCNC1. The molecular weight excluding hydrogens is 349 g/mol. The second-order valence-corrected chi connectivity index (χ2v) is 6.94. The van der Waals surface area contributed by atoms with Gasteiger partial charge in [0, 0.05) is 25.6 Å². The number of nitrogens with zero attached hydrogens (tertiary/aromatic N) is 3. The summed E-state index contributed by atoms with van der Waals surface area (Å²) >= 11 is 12.0. The minimum absolute atomic E-state index is 0.0286. The number of carbonyl (C=O) groups excluding carboxylic acids is 1. The van der Waals surface area contributed by atoms with E-state index in [4.69, 9.17) is 23.2 Å². The maximum absolute atomic E-state index is 12.2. The third-order valence-electron chi connectivity index (χ3n) is 4.34. The zero-order valence-corrected chi connectivity index (χ0v) is 15.1. The van der Waals surface area contributed by atoms with Crippen molar-refractivity contribution >= 4 is 40.6 Å². The molecule has 0 aromatic heterocycles. The number of amidine groups is 1. The Labute approximate surface area is 151 Å². The first-order valence-corrected chi connectivity index (χ1v) is 8.79. The lowest BCUT2D eigenvalue weighted by Crippen LogP contribution is -2.43. The summed E-state index contributed by atoms with van der Waals surface area (Å²) in [5, 5.41) is 13.5. The van der Waals surface area contributed by atoms with Gasteiger partial charge in [-0.1, -0.05) is 23.2 Å². The fourth-order valence-corrected chi connectivity index (χ4v) is 3.24. The van der Waals surface area contributed by atoms with E-state index in [9.17, 15) is 4.79 Å². The number of nitrogens with one attached hydrogen (secondary N) is 2. The molecule has 24 heavy (non-hydrogen) atoms. The van der Waals surface area contributed by atoms with E-state index in [1.54, 1.807) is 12.1 Å². The molecular formula is C16H21Cl2N5O. The largest absolute Gasteiger partial charge is 0.315 e. The van der Waals surface area contributed by atoms with Crippen molar-refractivity contribution in [3.63, 3.8) is 0 Å². The van der Waals surface area contributed by atoms with Crippen molar-refractivity contribution < 1.29 is 4.79 Å². The third kappa shape index (κ3) is 4.19. The summed E-state index contributed by atoms with van der Waals surface area (Å²) in [5.74, 6) is 0.656. The second kappa shape index (κ2) is 7.70. The van der Waals surface area contributed by atoms with Crippen molar-refractivity contribution in [2.45, 2.75) is 18.9 Å². The number of carbonyl (C=O) groups is 1. The molecule has 0 unspecified atom stereocenters. The number of amides is 1. The van der Waals surface area contributed by atoms with Gasteiger partial charge in [0.2, 0.25) is 5.91 Å². The van der Waals surface area contributed by atoms with E-state index >= 15 is 0 Å². The van der Waals surface area contributed by atoms with Crippen LogP contribution in [0.25, 0.3) is 0 Å². The summed E-state index contributed by atoms with van der Waals surface area (Å²) in [6.45, 7) is 3.03. The maximum atomic E-state index is 12.2. The van der Waals surface area contributed by atoms with Gasteiger partial charge in [0.1, 0.15) is 5.84 Å². The fourth-order valence-electron chi connectivity index (χ4n) is 2.95. The molecule has 0 bridgehead atoms. The third-order valence-corrected chi connectivity index (χ3v) is 5.08. The van der Waals surface area contributed by atoms with E-state index in [1.165, 1.54) is 0 Å². The molecule has 1 amide bonds. The maximum Gasteiger partial charge on any atom is 0.239 e. The summed E-state index contributed by atoms with van der Waals surface area (Å²) in [6, 6.07) is 5.81. The molecule has 0 aliphatic carbocycles. The molecule has 130 valence electrons. The molecule has 2 aliphatic rings. The Bertz CT molecular complexity index is 645. The Hall–Kier alpha value is -1.34. The van der Waals surface area contributed by atoms with Gasteiger partial charge in [-0.2, -0.15) is 5.10 Å². The highest BCUT2D eigenvalue weighted by atomic mass is 35.5. The van der Waals surface area contributed by atoms with Crippen LogP contribution in [0.15, 0.2) is 23.3 Å². The van der Waals surface area contributed by atoms with E-state index in [2.05, 4.69) is 20.6 Å². The minimum Gasteiger partial charge on any atom is -0.315 e. The van der Waals surface area contributed by atoms with Crippen molar-refractivity contribution in [1.29, 1.82) is 0 Å². The Balaban J connectivity index is 1.55. The predicted octanol–water partition coefficient (Wildman–Crippen LogP) is 1.93. The summed E-state index contributed by atoms with van der Waals surface area (Å²) < 4.78 is 0. The number of hydrazone groups is 1. The lowest BCUT2D eigenvalue weighted by atomic mass is 10.2. The zero-order chi connectivity index (χ0) is 17.1. The second-order valence-electron chi connectivity index (χ2n) is 6.13. The van der Waals surface area contributed by atoms with Gasteiger partial charge in [0.25, 0.3) is 0 Å². The highest BCUT2D eigenvalue weighted by molar-refractivity contribution is 6.42. The monoisotopic (exact) mass is 369 g/mol. The van der Waals surface area contributed by atoms with Crippen LogP contribution in [-0.2, 0) is 4.79 Å². The van der Waals surface area contributed by atoms with Gasteiger partial charge < -0.3 is 10.6 Å². The van der Waals surface area contributed by atoms with E-state index in [0.29, 0.717) is 41.4 Å². The van der Waals surface area contributed by atoms with Gasteiger partial charge in [-0.05, 0) is 38.2 Å². The van der Waals surface area contributed by atoms with Gasteiger partial charge >= 0.3 is 0 Å². The fraction of sp³-hybridized carbons (Fsp3) is 0.500. The molecule has 0 spiro atoms. The highest BCUT2D eigenvalue weighted by Crippen LogP contribution is 2.28. The normalized spacial score (nSPS) is 20.6. The number of likely N-dealkylation sites (N-methyl/N-ethyl adjacent to an activating group) is 1.